The third-order valence-corrected chi connectivity index (χ3v) is 5.43. The Bertz CT molecular complexity index is 986. The summed E-state index contributed by atoms with van der Waals surface area (Å²) in [6, 6.07) is 10.8. The van der Waals surface area contributed by atoms with Gasteiger partial charge in [-0.05, 0) is 19.9 Å². The number of morpholine rings is 1. The fourth-order valence-electron chi connectivity index (χ4n) is 3.99. The molecule has 1 atom stereocenters. The number of nitrogens with one attached hydrogen (secondary N) is 1. The molecule has 1 N–H and O–H groups in total. The predicted octanol–water partition coefficient (Wildman–Crippen LogP) is 3.56. The molecule has 0 aromatic heterocycles. The number of benzene rings is 2. The molecule has 0 aliphatic carbocycles. The zero-order valence-corrected chi connectivity index (χ0v) is 18.4. The fourth-order valence-corrected chi connectivity index (χ4v) is 3.99. The van der Waals surface area contributed by atoms with Crippen LogP contribution in [0.4, 0.5) is 11.4 Å². The summed E-state index contributed by atoms with van der Waals surface area (Å²) in [7, 11) is 0. The van der Waals surface area contributed by atoms with Gasteiger partial charge in [-0.1, -0.05) is 18.2 Å². The Hall–Kier alpha value is -3.26. The number of cyclic esters (lactones) is 1. The second-order valence-electron chi connectivity index (χ2n) is 7.52. The molecule has 2 aliphatic rings. The van der Waals surface area contributed by atoms with Crippen LogP contribution in [0.2, 0.25) is 0 Å². The van der Waals surface area contributed by atoms with Crippen LogP contribution >= 0.6 is 0 Å². The minimum atomic E-state index is -0.603. The maximum atomic E-state index is 12.9. The quantitative estimate of drug-likeness (QED) is 0.628. The number of esters is 1. The highest BCUT2D eigenvalue weighted by atomic mass is 16.5. The van der Waals surface area contributed by atoms with Crippen molar-refractivity contribution in [3.63, 3.8) is 0 Å². The van der Waals surface area contributed by atoms with Crippen molar-refractivity contribution < 1.29 is 28.5 Å². The average Bonchev–Trinajstić information content (AvgIpc) is 3.11. The third kappa shape index (κ3) is 4.65. The summed E-state index contributed by atoms with van der Waals surface area (Å²) in [4.78, 5) is 27.1. The number of ether oxygens (including phenoxy) is 4. The molecule has 1 amide bonds. The van der Waals surface area contributed by atoms with Crippen LogP contribution in [0.5, 0.6) is 11.5 Å². The molecule has 2 aromatic carbocycles. The summed E-state index contributed by atoms with van der Waals surface area (Å²) < 4.78 is 22.6. The minimum absolute atomic E-state index is 0.0174. The first-order valence-corrected chi connectivity index (χ1v) is 11.0. The van der Waals surface area contributed by atoms with E-state index in [0.717, 1.165) is 24.3 Å². The molecule has 2 aliphatic heterocycles. The van der Waals surface area contributed by atoms with Gasteiger partial charge < -0.3 is 29.2 Å². The molecule has 2 aromatic rings. The summed E-state index contributed by atoms with van der Waals surface area (Å²) in [6.45, 7) is 7.56. The lowest BCUT2D eigenvalue weighted by Crippen LogP contribution is -2.36. The van der Waals surface area contributed by atoms with Gasteiger partial charge in [0.25, 0.3) is 0 Å². The zero-order valence-electron chi connectivity index (χ0n) is 18.4. The minimum Gasteiger partial charge on any atom is -0.492 e. The van der Waals surface area contributed by atoms with Crippen molar-refractivity contribution in [2.45, 2.75) is 26.4 Å². The number of carbonyl (C=O) groups is 2. The van der Waals surface area contributed by atoms with E-state index in [1.807, 2.05) is 32.0 Å². The number of rotatable bonds is 8. The van der Waals surface area contributed by atoms with Crippen molar-refractivity contribution in [2.75, 3.05) is 49.7 Å². The van der Waals surface area contributed by atoms with Gasteiger partial charge in [-0.2, -0.15) is 0 Å². The number of anilines is 2. The molecule has 0 bridgehead atoms. The molecule has 8 heteroatoms. The monoisotopic (exact) mass is 440 g/mol. The standard InChI is InChI=1S/C24H28N2O6/c1-3-30-21-14-19(26-9-11-29-12-10-26)22(31-4-2)13-18(21)25-23(27)15-20-16-7-5-6-8-17(16)24(28)32-20/h5-8,13-14,20H,3-4,9-12,15H2,1-2H3,(H,25,27)/t20-/m0/s1. The van der Waals surface area contributed by atoms with E-state index in [1.165, 1.54) is 0 Å². The van der Waals surface area contributed by atoms with E-state index in [9.17, 15) is 9.59 Å². The van der Waals surface area contributed by atoms with Crippen LogP contribution in [0.15, 0.2) is 36.4 Å². The Labute approximate surface area is 187 Å². The van der Waals surface area contributed by atoms with Crippen molar-refractivity contribution >= 4 is 23.3 Å². The van der Waals surface area contributed by atoms with E-state index in [-0.39, 0.29) is 12.3 Å². The average molecular weight is 440 g/mol. The van der Waals surface area contributed by atoms with Gasteiger partial charge in [0.1, 0.15) is 17.6 Å². The Kier molecular flexibility index (Phi) is 6.80. The maximum Gasteiger partial charge on any atom is 0.339 e. The van der Waals surface area contributed by atoms with Gasteiger partial charge in [-0.15, -0.1) is 0 Å². The predicted molar refractivity (Wildman–Crippen MR) is 120 cm³/mol. The van der Waals surface area contributed by atoms with Gasteiger partial charge in [-0.25, -0.2) is 4.79 Å². The zero-order chi connectivity index (χ0) is 22.5. The van der Waals surface area contributed by atoms with Crippen LogP contribution in [0.3, 0.4) is 0 Å². The van der Waals surface area contributed by atoms with Gasteiger partial charge in [0.15, 0.2) is 0 Å². The van der Waals surface area contributed by atoms with E-state index in [1.54, 1.807) is 18.2 Å². The van der Waals surface area contributed by atoms with Crippen molar-refractivity contribution in [1.82, 2.24) is 0 Å². The van der Waals surface area contributed by atoms with Gasteiger partial charge in [0.2, 0.25) is 5.91 Å². The van der Waals surface area contributed by atoms with E-state index in [0.29, 0.717) is 49.2 Å². The second kappa shape index (κ2) is 9.91. The lowest BCUT2D eigenvalue weighted by molar-refractivity contribution is -0.118. The number of carbonyl (C=O) groups excluding carboxylic acids is 2. The molecular weight excluding hydrogens is 412 g/mol. The second-order valence-corrected chi connectivity index (χ2v) is 7.52. The van der Waals surface area contributed by atoms with Crippen LogP contribution in [0.1, 0.15) is 42.3 Å². The first-order chi connectivity index (χ1) is 15.6. The lowest BCUT2D eigenvalue weighted by atomic mass is 10.0. The van der Waals surface area contributed by atoms with Crippen molar-refractivity contribution in [1.29, 1.82) is 0 Å². The van der Waals surface area contributed by atoms with E-state index in [4.69, 9.17) is 18.9 Å². The molecule has 0 unspecified atom stereocenters. The van der Waals surface area contributed by atoms with Crippen LogP contribution in [-0.2, 0) is 14.3 Å². The molecule has 4 rings (SSSR count). The number of hydrogen-bond donors (Lipinski definition) is 1. The van der Waals surface area contributed by atoms with Gasteiger partial charge in [-0.3, -0.25) is 4.79 Å². The first-order valence-electron chi connectivity index (χ1n) is 11.0. The highest BCUT2D eigenvalue weighted by Gasteiger charge is 2.32. The molecule has 0 spiro atoms. The highest BCUT2D eigenvalue weighted by molar-refractivity contribution is 5.97. The lowest BCUT2D eigenvalue weighted by Gasteiger charge is -2.31. The normalized spacial score (nSPS) is 17.5. The molecule has 8 nitrogen and oxygen atoms in total. The molecule has 1 fully saturated rings. The van der Waals surface area contributed by atoms with Crippen molar-refractivity contribution in [3.8, 4) is 11.5 Å². The topological polar surface area (TPSA) is 86.3 Å². The van der Waals surface area contributed by atoms with Crippen molar-refractivity contribution in [2.24, 2.45) is 0 Å². The summed E-state index contributed by atoms with van der Waals surface area (Å²) in [5.74, 6) is 0.560. The Morgan fingerprint density at radius 3 is 2.56 bits per heavy atom. The third-order valence-electron chi connectivity index (χ3n) is 5.43. The van der Waals surface area contributed by atoms with Crippen LogP contribution < -0.4 is 19.7 Å². The number of fused-ring (bicyclic) bond motifs is 1. The largest absolute Gasteiger partial charge is 0.492 e. The molecular formula is C24H28N2O6. The molecule has 170 valence electrons. The van der Waals surface area contributed by atoms with Crippen LogP contribution in [0.25, 0.3) is 0 Å². The molecule has 0 saturated carbocycles. The highest BCUT2D eigenvalue weighted by Crippen LogP contribution is 2.40. The number of hydrogen-bond acceptors (Lipinski definition) is 7. The maximum absolute atomic E-state index is 12.9. The van der Waals surface area contributed by atoms with Gasteiger partial charge >= 0.3 is 5.97 Å². The van der Waals surface area contributed by atoms with Gasteiger partial charge in [0.05, 0.1) is 49.8 Å². The summed E-state index contributed by atoms with van der Waals surface area (Å²) in [5.41, 5.74) is 2.68. The van der Waals surface area contributed by atoms with Crippen LogP contribution in [-0.4, -0.2) is 51.4 Å². The Morgan fingerprint density at radius 1 is 1.09 bits per heavy atom. The van der Waals surface area contributed by atoms with E-state index < -0.39 is 12.1 Å². The smallest absolute Gasteiger partial charge is 0.339 e. The molecule has 0 radical (unpaired) electrons. The number of amides is 1. The summed E-state index contributed by atoms with van der Waals surface area (Å²) >= 11 is 0. The molecule has 1 saturated heterocycles. The summed E-state index contributed by atoms with van der Waals surface area (Å²) in [6.07, 6.45) is -0.586. The number of nitrogens with zero attached hydrogens (tertiary/aromatic N) is 1. The Balaban J connectivity index is 1.56. The first kappa shape index (κ1) is 22.0. The van der Waals surface area contributed by atoms with E-state index >= 15 is 0 Å². The fraction of sp³-hybridized carbons (Fsp3) is 0.417. The molecule has 32 heavy (non-hydrogen) atoms. The van der Waals surface area contributed by atoms with Crippen molar-refractivity contribution in [3.05, 3.63) is 47.5 Å². The Morgan fingerprint density at radius 2 is 1.81 bits per heavy atom. The van der Waals surface area contributed by atoms with Gasteiger partial charge in [0, 0.05) is 30.8 Å². The molecule has 2 heterocycles. The van der Waals surface area contributed by atoms with Crippen LogP contribution in [0, 0.1) is 0 Å². The van der Waals surface area contributed by atoms with E-state index in [2.05, 4.69) is 10.2 Å². The SMILES string of the molecule is CCOc1cc(N2CCOCC2)c(OCC)cc1NC(=O)C[C@@H]1OC(=O)c2ccccc21. The summed E-state index contributed by atoms with van der Waals surface area (Å²) in [5, 5.41) is 2.92.